The fourth-order valence-electron chi connectivity index (χ4n) is 24.2. The first kappa shape index (κ1) is 95.9. The third-order valence-electron chi connectivity index (χ3n) is 30.4. The Labute approximate surface area is 695 Å². The molecule has 11 N–H and O–H groups in total. The van der Waals surface area contributed by atoms with Crippen molar-refractivity contribution in [1.29, 1.82) is 0 Å². The topological polar surface area (TPSA) is 484 Å². The highest BCUT2D eigenvalue weighted by Crippen LogP contribution is 2.75. The lowest BCUT2D eigenvalue weighted by atomic mass is 9.44. The number of allylic oxidation sites excluding steroid dienone is 12. The average molecular weight is 1690 g/mol. The standard InChI is InChI=1S/C30H39FO9.C24H32FNO6.C22H29FO5.C8H14O4.C5H6O3/c1-17-13-22-21-9-7-18-14-20(33)11-12-27(18,2)29(21,31)23(34)15-28(22,3)30(17,39)24(35)16-40-26(38)10-8-19(32)5-4-6-25(36)37;1-13-8-17-16-5-4-14-9-15(27)6-7-21(14,2)23(16,25)18(28)10-22(17,3)24(13,31)19(29)12-32-20(30)11-26;1-12-8-16-15-5-4-13-9-14(25)6-7-19(13,2)21(15,23)17(26)10-20(16,3)22(12,28)18(27)11-24;1-8(2,3)12-7(11)5-4-6(9)10;6-4-2-1-3-5(7)8-4/h11-12,14,17,21-23,34,39H,4-10,13,15-16H2,1-3H3,(H,36,37);6-7,9,13,16-18,28,31H,4-5,8,10-12,26H2,1-3H3;6-7,9,12,15-17,24,26,28H,4-5,8,10-11H2,1-3H3;4-5H2,1-3H3,(H,9,10);1-3H2/t17-,21+,22+,23+,27+,28+,29+,30+;13-,16+,17+,18+,21+,22+,23+,24+;12-,15+,16+,17+,19+,20+,21+,22+;;/m111../s1. The van der Waals surface area contributed by atoms with Gasteiger partial charge in [-0.3, -0.25) is 67.1 Å². The van der Waals surface area contributed by atoms with Gasteiger partial charge >= 0.3 is 41.8 Å². The van der Waals surface area contributed by atoms with Crippen molar-refractivity contribution in [3.63, 3.8) is 0 Å². The lowest BCUT2D eigenvalue weighted by Gasteiger charge is -2.62. The molecule has 10 fully saturated rings. The van der Waals surface area contributed by atoms with Crippen LogP contribution in [0.4, 0.5) is 13.2 Å². The molecule has 1 heterocycles. The van der Waals surface area contributed by atoms with Crippen LogP contribution in [0.2, 0.25) is 0 Å². The Bertz CT molecular complexity index is 4310. The van der Waals surface area contributed by atoms with Gasteiger partial charge in [0.05, 0.1) is 44.1 Å². The summed E-state index contributed by atoms with van der Waals surface area (Å²) in [7, 11) is 0. The second-order valence-electron chi connectivity index (χ2n) is 37.9. The number of ether oxygens (including phenoxy) is 4. The van der Waals surface area contributed by atoms with Crippen molar-refractivity contribution < 1.29 is 145 Å². The van der Waals surface area contributed by atoms with E-state index in [1.165, 1.54) is 36.5 Å². The summed E-state index contributed by atoms with van der Waals surface area (Å²) in [5.41, 5.74) is -11.7. The number of carboxylic acids is 2. The van der Waals surface area contributed by atoms with E-state index in [1.54, 1.807) is 101 Å². The molecular formula is C89H120F3NO27. The van der Waals surface area contributed by atoms with E-state index in [0.717, 1.165) is 0 Å². The van der Waals surface area contributed by atoms with Crippen LogP contribution >= 0.6 is 0 Å². The van der Waals surface area contributed by atoms with Gasteiger partial charge in [-0.1, -0.05) is 76.5 Å². The summed E-state index contributed by atoms with van der Waals surface area (Å²) >= 11 is 0. The van der Waals surface area contributed by atoms with Crippen LogP contribution in [-0.4, -0.2) is 212 Å². The number of aliphatic hydroxyl groups is 7. The fourth-order valence-corrected chi connectivity index (χ4v) is 24.2. The van der Waals surface area contributed by atoms with Crippen LogP contribution in [0.25, 0.3) is 0 Å². The molecule has 120 heavy (non-hydrogen) atoms. The number of carbonyl (C=O) groups excluding carboxylic acids is 12. The second-order valence-corrected chi connectivity index (χ2v) is 37.9. The highest BCUT2D eigenvalue weighted by atomic mass is 19.2. The molecule has 0 spiro atoms. The monoisotopic (exact) mass is 1690 g/mol. The summed E-state index contributed by atoms with van der Waals surface area (Å²) in [6.45, 7) is 18.3. The van der Waals surface area contributed by atoms with Crippen molar-refractivity contribution in [2.24, 2.45) is 91.5 Å². The Morgan fingerprint density at radius 1 is 0.475 bits per heavy atom. The van der Waals surface area contributed by atoms with Crippen LogP contribution in [0, 0.1) is 85.8 Å². The molecule has 24 atom stereocenters. The molecule has 0 amide bonds. The van der Waals surface area contributed by atoms with Gasteiger partial charge in [0.25, 0.3) is 0 Å². The molecule has 0 aromatic heterocycles. The first-order valence-electron chi connectivity index (χ1n) is 41.8. The lowest BCUT2D eigenvalue weighted by Crippen LogP contribution is -2.69. The normalized spacial score (nSPS) is 40.6. The molecule has 0 aromatic carbocycles. The molecular weight excluding hydrogens is 1570 g/mol. The van der Waals surface area contributed by atoms with Gasteiger partial charge < -0.3 is 70.6 Å². The predicted molar refractivity (Wildman–Crippen MR) is 420 cm³/mol. The van der Waals surface area contributed by atoms with Crippen molar-refractivity contribution in [2.75, 3.05) is 26.4 Å². The number of fused-ring (bicyclic) bond motifs is 15. The van der Waals surface area contributed by atoms with Crippen molar-refractivity contribution in [2.45, 2.75) is 282 Å². The number of Topliss-reactive ketones (excluding diaryl/α,β-unsaturated/α-hetero) is 4. The smallest absolute Gasteiger partial charge is 0.320 e. The van der Waals surface area contributed by atoms with Crippen LogP contribution in [-0.2, 0) is 86.1 Å². The van der Waals surface area contributed by atoms with Gasteiger partial charge in [0, 0.05) is 82.3 Å². The van der Waals surface area contributed by atoms with E-state index in [9.17, 15) is 103 Å². The molecule has 0 bridgehead atoms. The molecule has 1 aliphatic heterocycles. The SMILES string of the molecule is CC(C)(C)OC(=O)CCC(=O)O.C[C@@H]1C[C@H]2[C@@H]3CCC4=CC(=O)C=C[C@]4(C)[C@@]3(F)[C@@H](O)C[C@]2(C)[C@@]1(O)C(=O)CO.C[C@@H]1C[C@H]2[C@@H]3CCC4=CC(=O)C=C[C@]4(C)[C@@]3(F)[C@@H](O)C[C@]2(C)[C@@]1(O)C(=O)COC(=O)CCC(=O)CCCC(=O)O.C[C@@H]1C[C@H]2[C@@H]3CCC4=CC(=O)C=C[C@]4(C)[C@@]3(F)[C@@H](O)C[C@]2(C)[C@@]1(O)C(=O)COC(=O)CN.O=C1CCCC(=O)O1. The molecule has 0 radical (unpaired) electrons. The Morgan fingerprint density at radius 2 is 0.808 bits per heavy atom. The van der Waals surface area contributed by atoms with E-state index < -0.39 is 199 Å². The van der Waals surface area contributed by atoms with Crippen molar-refractivity contribution >= 4 is 82.3 Å². The number of esters is 5. The largest absolute Gasteiger partial charge is 0.481 e. The number of ketones is 7. The number of hydrogen-bond donors (Lipinski definition) is 10. The summed E-state index contributed by atoms with van der Waals surface area (Å²) in [6, 6.07) is 0. The number of carboxylic acid groups (broad SMARTS) is 2. The minimum absolute atomic E-state index is 0.0253. The van der Waals surface area contributed by atoms with Crippen LogP contribution in [0.1, 0.15) is 224 Å². The maximum Gasteiger partial charge on any atom is 0.320 e. The van der Waals surface area contributed by atoms with E-state index >= 15 is 13.2 Å². The van der Waals surface area contributed by atoms with Crippen LogP contribution in [0.3, 0.4) is 0 Å². The van der Waals surface area contributed by atoms with Gasteiger partial charge in [-0.2, -0.15) is 0 Å². The third-order valence-corrected chi connectivity index (χ3v) is 30.4. The first-order valence-corrected chi connectivity index (χ1v) is 41.8. The number of aliphatic hydroxyl groups excluding tert-OH is 4. The van der Waals surface area contributed by atoms with E-state index in [-0.39, 0.29) is 118 Å². The summed E-state index contributed by atoms with van der Waals surface area (Å²) in [5.74, 6) is -12.1. The number of hydrogen-bond acceptors (Lipinski definition) is 26. The van der Waals surface area contributed by atoms with Gasteiger partial charge in [0.15, 0.2) is 53.4 Å². The Hall–Kier alpha value is -7.91. The van der Waals surface area contributed by atoms with E-state index in [0.29, 0.717) is 93.8 Å². The number of alkyl halides is 3. The van der Waals surface area contributed by atoms with Gasteiger partial charge in [-0.15, -0.1) is 0 Å². The Morgan fingerprint density at radius 3 is 1.12 bits per heavy atom. The molecule has 9 saturated carbocycles. The number of rotatable bonds is 19. The Kier molecular flexibility index (Phi) is 28.0. The van der Waals surface area contributed by atoms with Gasteiger partial charge in [0.1, 0.15) is 34.8 Å². The Balaban J connectivity index is 0.000000185. The summed E-state index contributed by atoms with van der Waals surface area (Å²) < 4.78 is 70.2. The zero-order chi connectivity index (χ0) is 89.8. The number of halogens is 3. The molecule has 13 aliphatic rings. The van der Waals surface area contributed by atoms with E-state index in [4.69, 9.17) is 30.2 Å². The number of nitrogens with two attached hydrogens (primary N) is 1. The molecule has 12 aliphatic carbocycles. The van der Waals surface area contributed by atoms with Gasteiger partial charge in [0.2, 0.25) is 11.6 Å². The van der Waals surface area contributed by atoms with Crippen molar-refractivity contribution in [3.8, 4) is 0 Å². The summed E-state index contributed by atoms with van der Waals surface area (Å²) in [4.78, 5) is 162. The van der Waals surface area contributed by atoms with Crippen LogP contribution < -0.4 is 5.73 Å². The molecule has 28 nitrogen and oxygen atoms in total. The van der Waals surface area contributed by atoms with Gasteiger partial charge in [-0.05, 0) is 203 Å². The van der Waals surface area contributed by atoms with E-state index in [2.05, 4.69) is 4.74 Å². The van der Waals surface area contributed by atoms with Crippen molar-refractivity contribution in [1.82, 2.24) is 0 Å². The zero-order valence-electron chi connectivity index (χ0n) is 70.6. The quantitative estimate of drug-likeness (QED) is 0.0335. The first-order chi connectivity index (χ1) is 55.5. The summed E-state index contributed by atoms with van der Waals surface area (Å²) in [5, 5.41) is 95.2. The molecule has 664 valence electrons. The zero-order valence-corrected chi connectivity index (χ0v) is 70.6. The molecule has 31 heteroatoms. The molecule has 1 saturated heterocycles. The van der Waals surface area contributed by atoms with Gasteiger partial charge in [-0.25, -0.2) is 13.2 Å². The number of carbonyl (C=O) groups is 14. The maximum atomic E-state index is 17.2. The van der Waals surface area contributed by atoms with E-state index in [1.807, 2.05) is 0 Å². The minimum atomic E-state index is -2.09. The number of aliphatic carboxylic acids is 2. The number of cyclic esters (lactones) is 2. The average Bonchev–Trinajstić information content (AvgIpc) is 1.44. The molecule has 0 unspecified atom stereocenters. The highest BCUT2D eigenvalue weighted by Gasteiger charge is 2.79. The molecule has 0 aromatic rings. The lowest BCUT2D eigenvalue weighted by molar-refractivity contribution is -0.220. The summed E-state index contributed by atoms with van der Waals surface area (Å²) in [6.07, 6.45) is 13.3. The second kappa shape index (κ2) is 35.0. The molecule has 13 rings (SSSR count). The van der Waals surface area contributed by atoms with Crippen LogP contribution in [0.15, 0.2) is 71.4 Å². The highest BCUT2D eigenvalue weighted by molar-refractivity contribution is 6.03. The minimum Gasteiger partial charge on any atom is -0.481 e. The maximum absolute atomic E-state index is 17.2. The predicted octanol–water partition coefficient (Wildman–Crippen LogP) is 7.78. The fraction of sp³-hybridized carbons (Fsp3) is 0.708. The van der Waals surface area contributed by atoms with Crippen molar-refractivity contribution in [3.05, 3.63) is 71.4 Å². The third kappa shape index (κ3) is 16.3. The van der Waals surface area contributed by atoms with Crippen LogP contribution in [0.5, 0.6) is 0 Å².